The minimum Gasteiger partial charge on any atom is -0.394 e. The van der Waals surface area contributed by atoms with Crippen LogP contribution < -0.4 is 11.2 Å². The lowest BCUT2D eigenvalue weighted by Gasteiger charge is -2.30. The van der Waals surface area contributed by atoms with Gasteiger partial charge in [0.15, 0.2) is 5.72 Å². The molecular weight excluding hydrogens is 298 g/mol. The second kappa shape index (κ2) is 5.99. The highest BCUT2D eigenvalue weighted by Crippen LogP contribution is 2.36. The Morgan fingerprint density at radius 3 is 2.77 bits per heavy atom. The molecule has 1 aliphatic rings. The van der Waals surface area contributed by atoms with Crippen LogP contribution in [0, 0.1) is 10.1 Å². The van der Waals surface area contributed by atoms with Crippen LogP contribution in [0.15, 0.2) is 15.8 Å². The lowest BCUT2D eigenvalue weighted by atomic mass is 10.0. The van der Waals surface area contributed by atoms with Crippen molar-refractivity contribution >= 4 is 0 Å². The Balaban J connectivity index is 2.52. The van der Waals surface area contributed by atoms with Gasteiger partial charge in [0.25, 0.3) is 5.56 Å². The highest BCUT2D eigenvalue weighted by molar-refractivity contribution is 5.06. The molecule has 122 valence electrons. The monoisotopic (exact) mass is 315 g/mol. The van der Waals surface area contributed by atoms with E-state index in [4.69, 9.17) is 4.74 Å². The first-order chi connectivity index (χ1) is 10.3. The van der Waals surface area contributed by atoms with E-state index >= 15 is 0 Å². The van der Waals surface area contributed by atoms with Gasteiger partial charge in [-0.2, -0.15) is 0 Å². The van der Waals surface area contributed by atoms with Crippen LogP contribution in [0.4, 0.5) is 0 Å². The van der Waals surface area contributed by atoms with Gasteiger partial charge < -0.3 is 14.9 Å². The number of aromatic nitrogens is 2. The molecule has 0 amide bonds. The summed E-state index contributed by atoms with van der Waals surface area (Å²) in [5.74, 6) is 0. The predicted octanol–water partition coefficient (Wildman–Crippen LogP) is -1.48. The maximum absolute atomic E-state index is 12.0. The maximum atomic E-state index is 12.0. The zero-order valence-electron chi connectivity index (χ0n) is 11.9. The Morgan fingerprint density at radius 2 is 2.27 bits per heavy atom. The number of nitrogens with zero attached hydrogens (tertiary/aromatic N) is 2. The van der Waals surface area contributed by atoms with E-state index < -0.39 is 47.3 Å². The van der Waals surface area contributed by atoms with Crippen LogP contribution in [-0.2, 0) is 17.0 Å². The molecule has 0 bridgehead atoms. The van der Waals surface area contributed by atoms with Crippen LogP contribution in [0.3, 0.4) is 0 Å². The Hall–Kier alpha value is -2.04. The van der Waals surface area contributed by atoms with Gasteiger partial charge in [-0.3, -0.25) is 24.5 Å². The summed E-state index contributed by atoms with van der Waals surface area (Å²) in [7, 11) is 0. The third-order valence-electron chi connectivity index (χ3n) is 3.81. The molecule has 10 heteroatoms. The van der Waals surface area contributed by atoms with Gasteiger partial charge in [0.05, 0.1) is 12.7 Å². The van der Waals surface area contributed by atoms with E-state index in [9.17, 15) is 29.9 Å². The second-order valence-corrected chi connectivity index (χ2v) is 5.18. The van der Waals surface area contributed by atoms with Crippen LogP contribution in [0.2, 0.25) is 0 Å². The van der Waals surface area contributed by atoms with Crippen molar-refractivity contribution in [3.8, 4) is 0 Å². The topological polar surface area (TPSA) is 148 Å². The number of aromatic amines is 1. The van der Waals surface area contributed by atoms with E-state index in [1.807, 2.05) is 4.98 Å². The van der Waals surface area contributed by atoms with Crippen LogP contribution in [-0.4, -0.2) is 43.5 Å². The lowest BCUT2D eigenvalue weighted by molar-refractivity contribution is -0.497. The van der Waals surface area contributed by atoms with Crippen molar-refractivity contribution in [2.24, 2.45) is 0 Å². The van der Waals surface area contributed by atoms with E-state index in [1.54, 1.807) is 6.92 Å². The number of nitrogens with one attached hydrogen (secondary N) is 1. The van der Waals surface area contributed by atoms with Crippen LogP contribution >= 0.6 is 0 Å². The fourth-order valence-electron chi connectivity index (χ4n) is 2.64. The number of hydrogen-bond acceptors (Lipinski definition) is 7. The Bertz CT molecular complexity index is 682. The molecule has 0 unspecified atom stereocenters. The molecule has 22 heavy (non-hydrogen) atoms. The number of nitro groups is 1. The van der Waals surface area contributed by atoms with Crippen molar-refractivity contribution in [2.45, 2.75) is 44.2 Å². The Morgan fingerprint density at radius 1 is 1.59 bits per heavy atom. The van der Waals surface area contributed by atoms with Gasteiger partial charge in [0.1, 0.15) is 11.7 Å². The average Bonchev–Trinajstić information content (AvgIpc) is 2.79. The van der Waals surface area contributed by atoms with Crippen molar-refractivity contribution in [3.63, 3.8) is 0 Å². The van der Waals surface area contributed by atoms with Crippen LogP contribution in [0.25, 0.3) is 0 Å². The van der Waals surface area contributed by atoms with E-state index in [-0.39, 0.29) is 18.4 Å². The smallest absolute Gasteiger partial charge is 0.330 e. The summed E-state index contributed by atoms with van der Waals surface area (Å²) >= 11 is 0. The molecule has 2 rings (SSSR count). The summed E-state index contributed by atoms with van der Waals surface area (Å²) in [5.41, 5.74) is -3.08. The van der Waals surface area contributed by atoms with Gasteiger partial charge in [0, 0.05) is 17.5 Å². The van der Waals surface area contributed by atoms with E-state index in [1.165, 1.54) is 0 Å². The largest absolute Gasteiger partial charge is 0.394 e. The Kier molecular flexibility index (Phi) is 4.44. The first kappa shape index (κ1) is 16.3. The summed E-state index contributed by atoms with van der Waals surface area (Å²) in [6, 6.07) is 0. The minimum absolute atomic E-state index is 0.0264. The van der Waals surface area contributed by atoms with E-state index in [0.29, 0.717) is 0 Å². The molecule has 3 N–H and O–H groups in total. The van der Waals surface area contributed by atoms with E-state index in [2.05, 4.69) is 0 Å². The van der Waals surface area contributed by atoms with Crippen LogP contribution in [0.5, 0.6) is 0 Å². The SMILES string of the molecule is CC[C@]1(n2cc(C[N+](=O)[O-])c(=O)[nH]c2=O)C[C@H](O)[C@@H](CO)O1. The van der Waals surface area contributed by atoms with Crippen molar-refractivity contribution in [3.05, 3.63) is 42.7 Å². The van der Waals surface area contributed by atoms with Gasteiger partial charge in [-0.1, -0.05) is 6.92 Å². The summed E-state index contributed by atoms with van der Waals surface area (Å²) < 4.78 is 6.65. The maximum Gasteiger partial charge on any atom is 0.330 e. The van der Waals surface area contributed by atoms with Crippen molar-refractivity contribution < 1.29 is 19.9 Å². The molecular formula is C12H17N3O7. The van der Waals surface area contributed by atoms with Gasteiger partial charge in [-0.25, -0.2) is 4.79 Å². The predicted molar refractivity (Wildman–Crippen MR) is 72.9 cm³/mol. The molecule has 1 saturated heterocycles. The van der Waals surface area contributed by atoms with Gasteiger partial charge in [0.2, 0.25) is 6.54 Å². The minimum atomic E-state index is -1.26. The molecule has 10 nitrogen and oxygen atoms in total. The van der Waals surface area contributed by atoms with Gasteiger partial charge >= 0.3 is 5.69 Å². The first-order valence-electron chi connectivity index (χ1n) is 6.77. The van der Waals surface area contributed by atoms with Gasteiger partial charge in [-0.15, -0.1) is 0 Å². The lowest BCUT2D eigenvalue weighted by Crippen LogP contribution is -2.45. The number of aliphatic hydroxyl groups excluding tert-OH is 2. The number of ether oxygens (including phenoxy) is 1. The highest BCUT2D eigenvalue weighted by Gasteiger charge is 2.46. The molecule has 1 aromatic heterocycles. The Labute approximate surface area is 124 Å². The molecule has 1 aromatic rings. The second-order valence-electron chi connectivity index (χ2n) is 5.18. The molecule has 0 aromatic carbocycles. The normalized spacial score (nSPS) is 28.0. The summed E-state index contributed by atoms with van der Waals surface area (Å²) in [6.07, 6.45) is -0.469. The molecule has 0 aliphatic carbocycles. The van der Waals surface area contributed by atoms with Crippen molar-refractivity contribution in [1.29, 1.82) is 0 Å². The number of aliphatic hydroxyl groups is 2. The fourth-order valence-corrected chi connectivity index (χ4v) is 2.64. The zero-order chi connectivity index (χ0) is 16.5. The fraction of sp³-hybridized carbons (Fsp3) is 0.667. The molecule has 1 aliphatic heterocycles. The third-order valence-corrected chi connectivity index (χ3v) is 3.81. The molecule has 2 heterocycles. The zero-order valence-corrected chi connectivity index (χ0v) is 11.9. The molecule has 3 atom stereocenters. The summed E-state index contributed by atoms with van der Waals surface area (Å²) in [4.78, 5) is 35.6. The molecule has 0 radical (unpaired) electrons. The molecule has 0 saturated carbocycles. The van der Waals surface area contributed by atoms with Gasteiger partial charge in [-0.05, 0) is 6.42 Å². The summed E-state index contributed by atoms with van der Waals surface area (Å²) in [5, 5.41) is 29.7. The summed E-state index contributed by atoms with van der Waals surface area (Å²) in [6.45, 7) is 0.543. The number of hydrogen-bond donors (Lipinski definition) is 3. The number of H-pyrrole nitrogens is 1. The van der Waals surface area contributed by atoms with Crippen molar-refractivity contribution in [2.75, 3.05) is 6.61 Å². The highest BCUT2D eigenvalue weighted by atomic mass is 16.6. The first-order valence-corrected chi connectivity index (χ1v) is 6.77. The van der Waals surface area contributed by atoms with Crippen molar-refractivity contribution in [1.82, 2.24) is 9.55 Å². The molecule has 1 fully saturated rings. The standard InChI is InChI=1S/C12H17N3O7/c1-2-12(3-8(17)9(6-16)22-12)14-4-7(5-15(20)21)10(18)13-11(14)19/h4,8-9,16-17H,2-3,5-6H2,1H3,(H,13,18,19)/t8-,9+,12+/m0/s1. The quantitative estimate of drug-likeness (QED) is 0.443. The molecule has 0 spiro atoms. The van der Waals surface area contributed by atoms with Crippen LogP contribution in [0.1, 0.15) is 25.3 Å². The third kappa shape index (κ3) is 2.80. The number of rotatable bonds is 5. The van der Waals surface area contributed by atoms with E-state index in [0.717, 1.165) is 10.8 Å². The average molecular weight is 315 g/mol.